The number of carbonyl (C=O) groups excluding carboxylic acids is 1. The minimum atomic E-state index is -0.537. The number of aliphatic imine (C=N–C) groups is 1. The molecule has 3 rings (SSSR count). The molecule has 0 bridgehead atoms. The fourth-order valence-corrected chi connectivity index (χ4v) is 2.98. The Morgan fingerprint density at radius 2 is 1.96 bits per heavy atom. The van der Waals surface area contributed by atoms with E-state index >= 15 is 0 Å². The summed E-state index contributed by atoms with van der Waals surface area (Å²) in [6.07, 6.45) is 3.37. The number of benzene rings is 2. The Hall–Kier alpha value is -3.08. The Balaban J connectivity index is 1.86. The van der Waals surface area contributed by atoms with Crippen molar-refractivity contribution in [1.29, 1.82) is 0 Å². The number of carbonyl (C=O) groups is 1. The second-order valence-corrected chi connectivity index (χ2v) is 7.88. The second kappa shape index (κ2) is 8.30. The van der Waals surface area contributed by atoms with Gasteiger partial charge in [-0.3, -0.25) is 4.99 Å². The van der Waals surface area contributed by atoms with E-state index in [4.69, 9.17) is 9.73 Å². The molecule has 0 radical (unpaired) electrons. The zero-order valence-electron chi connectivity index (χ0n) is 16.8. The van der Waals surface area contributed by atoms with Gasteiger partial charge in [-0.05, 0) is 45.4 Å². The van der Waals surface area contributed by atoms with Crippen molar-refractivity contribution in [3.63, 3.8) is 0 Å². The molecule has 0 aliphatic carbocycles. The first kappa shape index (κ1) is 19.7. The molecule has 1 heterocycles. The molecule has 28 heavy (non-hydrogen) atoms. The van der Waals surface area contributed by atoms with Crippen LogP contribution in [0.2, 0.25) is 0 Å². The maximum Gasteiger partial charge on any atom is 0.407 e. The molecule has 146 valence electrons. The molecule has 1 aromatic heterocycles. The van der Waals surface area contributed by atoms with Crippen LogP contribution in [0.4, 0.5) is 4.79 Å². The van der Waals surface area contributed by atoms with E-state index < -0.39 is 11.7 Å². The van der Waals surface area contributed by atoms with Crippen molar-refractivity contribution in [3.05, 3.63) is 71.4 Å². The van der Waals surface area contributed by atoms with E-state index in [1.807, 2.05) is 63.5 Å². The Labute approximate surface area is 165 Å². The zero-order valence-corrected chi connectivity index (χ0v) is 16.8. The topological polar surface area (TPSA) is 66.5 Å². The van der Waals surface area contributed by atoms with Crippen LogP contribution in [0.15, 0.2) is 59.7 Å². The summed E-state index contributed by atoms with van der Waals surface area (Å²) in [6.45, 7) is 7.96. The van der Waals surface area contributed by atoms with Gasteiger partial charge in [0.2, 0.25) is 0 Å². The first-order chi connectivity index (χ1) is 13.3. The number of aryl methyl sites for hydroxylation is 1. The van der Waals surface area contributed by atoms with Crippen molar-refractivity contribution < 1.29 is 9.53 Å². The van der Waals surface area contributed by atoms with E-state index in [1.165, 1.54) is 5.56 Å². The minimum Gasteiger partial charge on any atom is -0.444 e. The number of ether oxygens (including phenoxy) is 1. The molecule has 0 aliphatic rings. The van der Waals surface area contributed by atoms with Crippen LogP contribution in [0.25, 0.3) is 10.9 Å². The van der Waals surface area contributed by atoms with E-state index in [2.05, 4.69) is 35.4 Å². The Bertz CT molecular complexity index is 968. The van der Waals surface area contributed by atoms with Crippen LogP contribution >= 0.6 is 0 Å². The number of alkyl carbamates (subject to hydrolysis) is 1. The minimum absolute atomic E-state index is 0.233. The molecule has 1 atom stereocenters. The predicted molar refractivity (Wildman–Crippen MR) is 114 cm³/mol. The SMILES string of the molecule is Cc1ccc2[nH]cc(C(CNC(=O)OC(C)(C)C)/N=C/c3ccccc3)c2c1. The molecule has 0 saturated heterocycles. The Morgan fingerprint density at radius 3 is 2.68 bits per heavy atom. The molecule has 0 saturated carbocycles. The van der Waals surface area contributed by atoms with Crippen molar-refractivity contribution in [3.8, 4) is 0 Å². The first-order valence-electron chi connectivity index (χ1n) is 9.44. The van der Waals surface area contributed by atoms with Gasteiger partial charge in [0.15, 0.2) is 0 Å². The van der Waals surface area contributed by atoms with Crippen LogP contribution in [0.3, 0.4) is 0 Å². The third kappa shape index (κ3) is 5.22. The van der Waals surface area contributed by atoms with Crippen molar-refractivity contribution in [2.75, 3.05) is 6.54 Å². The molecule has 1 amide bonds. The van der Waals surface area contributed by atoms with Gasteiger partial charge in [0, 0.05) is 35.4 Å². The van der Waals surface area contributed by atoms with Crippen molar-refractivity contribution >= 4 is 23.2 Å². The van der Waals surface area contributed by atoms with Crippen molar-refractivity contribution in [2.24, 2.45) is 4.99 Å². The van der Waals surface area contributed by atoms with E-state index in [0.29, 0.717) is 6.54 Å². The lowest BCUT2D eigenvalue weighted by Gasteiger charge is -2.21. The summed E-state index contributed by atoms with van der Waals surface area (Å²) >= 11 is 0. The van der Waals surface area contributed by atoms with Gasteiger partial charge < -0.3 is 15.0 Å². The number of hydrogen-bond donors (Lipinski definition) is 2. The Kier molecular flexibility index (Phi) is 5.83. The smallest absolute Gasteiger partial charge is 0.407 e. The van der Waals surface area contributed by atoms with E-state index in [9.17, 15) is 4.79 Å². The number of aromatic nitrogens is 1. The summed E-state index contributed by atoms with van der Waals surface area (Å²) in [5, 5.41) is 3.97. The van der Waals surface area contributed by atoms with E-state index in [0.717, 1.165) is 22.0 Å². The zero-order chi connectivity index (χ0) is 20.1. The lowest BCUT2D eigenvalue weighted by molar-refractivity contribution is 0.0525. The maximum atomic E-state index is 12.1. The summed E-state index contributed by atoms with van der Waals surface area (Å²) < 4.78 is 5.37. The second-order valence-electron chi connectivity index (χ2n) is 7.88. The number of nitrogens with zero attached hydrogens (tertiary/aromatic N) is 1. The van der Waals surface area contributed by atoms with E-state index in [-0.39, 0.29) is 6.04 Å². The lowest BCUT2D eigenvalue weighted by Crippen LogP contribution is -2.34. The van der Waals surface area contributed by atoms with Crippen LogP contribution in [0.5, 0.6) is 0 Å². The highest BCUT2D eigenvalue weighted by molar-refractivity contribution is 5.85. The number of rotatable bonds is 5. The van der Waals surface area contributed by atoms with Gasteiger partial charge in [-0.1, -0.05) is 42.0 Å². The van der Waals surface area contributed by atoms with Crippen molar-refractivity contribution in [2.45, 2.75) is 39.3 Å². The van der Waals surface area contributed by atoms with Crippen LogP contribution in [-0.2, 0) is 4.74 Å². The van der Waals surface area contributed by atoms with Crippen LogP contribution in [-0.4, -0.2) is 29.4 Å². The number of aromatic amines is 1. The highest BCUT2D eigenvalue weighted by Crippen LogP contribution is 2.27. The highest BCUT2D eigenvalue weighted by Gasteiger charge is 2.19. The molecule has 1 unspecified atom stereocenters. The van der Waals surface area contributed by atoms with Crippen LogP contribution < -0.4 is 5.32 Å². The fraction of sp³-hybridized carbons (Fsp3) is 0.304. The van der Waals surface area contributed by atoms with Crippen LogP contribution in [0, 0.1) is 6.92 Å². The molecule has 0 fully saturated rings. The first-order valence-corrected chi connectivity index (χ1v) is 9.44. The molecule has 3 aromatic rings. The number of amides is 1. The number of H-pyrrole nitrogens is 1. The highest BCUT2D eigenvalue weighted by atomic mass is 16.6. The van der Waals surface area contributed by atoms with Crippen LogP contribution in [0.1, 0.15) is 43.5 Å². The van der Waals surface area contributed by atoms with Crippen molar-refractivity contribution in [1.82, 2.24) is 10.3 Å². The van der Waals surface area contributed by atoms with Gasteiger partial charge in [0.25, 0.3) is 0 Å². The van der Waals surface area contributed by atoms with E-state index in [1.54, 1.807) is 0 Å². The molecular weight excluding hydrogens is 350 g/mol. The largest absolute Gasteiger partial charge is 0.444 e. The molecule has 0 spiro atoms. The van der Waals surface area contributed by atoms with Gasteiger partial charge in [0.1, 0.15) is 5.60 Å². The number of nitrogens with one attached hydrogen (secondary N) is 2. The summed E-state index contributed by atoms with van der Waals surface area (Å²) in [7, 11) is 0. The molecule has 5 nitrogen and oxygen atoms in total. The molecule has 5 heteroatoms. The normalized spacial score (nSPS) is 13.0. The molecule has 2 N–H and O–H groups in total. The predicted octanol–water partition coefficient (Wildman–Crippen LogP) is 5.16. The average Bonchev–Trinajstić information content (AvgIpc) is 3.04. The standard InChI is InChI=1S/C23H27N3O2/c1-16-10-11-20-18(12-16)19(14-25-20)21(15-26-22(27)28-23(2,3)4)24-13-17-8-6-5-7-9-17/h5-14,21,25H,15H2,1-4H3,(H,26,27)/b24-13+. The maximum absolute atomic E-state index is 12.1. The Morgan fingerprint density at radius 1 is 1.21 bits per heavy atom. The third-order valence-corrected chi connectivity index (χ3v) is 4.27. The molecule has 2 aromatic carbocycles. The number of fused-ring (bicyclic) bond motifs is 1. The van der Waals surface area contributed by atoms with Gasteiger partial charge in [-0.15, -0.1) is 0 Å². The summed E-state index contributed by atoms with van der Waals surface area (Å²) in [5.74, 6) is 0. The quantitative estimate of drug-likeness (QED) is 0.603. The molecular formula is C23H27N3O2. The third-order valence-electron chi connectivity index (χ3n) is 4.27. The summed E-state index contributed by atoms with van der Waals surface area (Å²) in [5.41, 5.74) is 3.75. The number of hydrogen-bond acceptors (Lipinski definition) is 3. The van der Waals surface area contributed by atoms with Gasteiger partial charge in [0.05, 0.1) is 6.04 Å². The summed E-state index contributed by atoms with van der Waals surface area (Å²) in [4.78, 5) is 20.2. The summed E-state index contributed by atoms with van der Waals surface area (Å²) in [6, 6.07) is 16.0. The van der Waals surface area contributed by atoms with Gasteiger partial charge >= 0.3 is 6.09 Å². The van der Waals surface area contributed by atoms with Gasteiger partial charge in [-0.2, -0.15) is 0 Å². The molecule has 0 aliphatic heterocycles. The fourth-order valence-electron chi connectivity index (χ4n) is 2.98. The van der Waals surface area contributed by atoms with Gasteiger partial charge in [-0.25, -0.2) is 4.79 Å². The lowest BCUT2D eigenvalue weighted by atomic mass is 10.0. The monoisotopic (exact) mass is 377 g/mol. The average molecular weight is 377 g/mol.